The van der Waals surface area contributed by atoms with E-state index in [4.69, 9.17) is 0 Å². The number of halogens is 4. The second kappa shape index (κ2) is 7.98. The molecule has 0 saturated carbocycles. The lowest BCUT2D eigenvalue weighted by atomic mass is 9.90. The minimum Gasteiger partial charge on any atom is -0.325 e. The van der Waals surface area contributed by atoms with E-state index in [1.807, 2.05) is 0 Å². The Balaban J connectivity index is 1.50. The van der Waals surface area contributed by atoms with Gasteiger partial charge in [0.15, 0.2) is 0 Å². The summed E-state index contributed by atoms with van der Waals surface area (Å²) in [7, 11) is 0. The topological polar surface area (TPSA) is 32.3 Å². The van der Waals surface area contributed by atoms with Crippen LogP contribution in [0.2, 0.25) is 0 Å². The fourth-order valence-electron chi connectivity index (χ4n) is 3.26. The van der Waals surface area contributed by atoms with Crippen LogP contribution in [0.15, 0.2) is 48.5 Å². The summed E-state index contributed by atoms with van der Waals surface area (Å²) in [4.78, 5) is 13.9. The highest BCUT2D eigenvalue weighted by Gasteiger charge is 2.30. The lowest BCUT2D eigenvalue weighted by molar-refractivity contribution is -0.137. The van der Waals surface area contributed by atoms with Crippen molar-refractivity contribution in [2.75, 3.05) is 18.4 Å². The van der Waals surface area contributed by atoms with Gasteiger partial charge in [0.05, 0.1) is 11.3 Å². The van der Waals surface area contributed by atoms with Crippen LogP contribution in [0.5, 0.6) is 0 Å². The highest BCUT2D eigenvalue weighted by atomic mass is 19.4. The van der Waals surface area contributed by atoms with Gasteiger partial charge in [-0.25, -0.2) is 9.18 Å². The number of carbonyl (C=O) groups excluding carboxylic acids is 1. The zero-order chi connectivity index (χ0) is 19.4. The monoisotopic (exact) mass is 380 g/mol. The number of anilines is 1. The molecule has 1 fully saturated rings. The van der Waals surface area contributed by atoms with Crippen molar-refractivity contribution in [1.82, 2.24) is 4.90 Å². The van der Waals surface area contributed by atoms with E-state index in [0.717, 1.165) is 30.5 Å². The van der Waals surface area contributed by atoms with Crippen LogP contribution in [-0.4, -0.2) is 24.0 Å². The molecular weight excluding hydrogens is 360 g/mol. The second-order valence-corrected chi connectivity index (χ2v) is 6.74. The Morgan fingerprint density at radius 2 is 1.67 bits per heavy atom. The summed E-state index contributed by atoms with van der Waals surface area (Å²) in [5.41, 5.74) is 0.359. The van der Waals surface area contributed by atoms with Crippen LogP contribution in [0.1, 0.15) is 24.0 Å². The van der Waals surface area contributed by atoms with Gasteiger partial charge in [0, 0.05) is 13.1 Å². The molecule has 3 nitrogen and oxygen atoms in total. The van der Waals surface area contributed by atoms with Crippen molar-refractivity contribution in [2.24, 2.45) is 5.92 Å². The lowest BCUT2D eigenvalue weighted by Gasteiger charge is -2.32. The summed E-state index contributed by atoms with van der Waals surface area (Å²) in [6.45, 7) is 1.07. The molecule has 2 amide bonds. The van der Waals surface area contributed by atoms with Gasteiger partial charge in [0.2, 0.25) is 0 Å². The van der Waals surface area contributed by atoms with Crippen molar-refractivity contribution in [2.45, 2.75) is 25.4 Å². The lowest BCUT2D eigenvalue weighted by Crippen LogP contribution is -2.41. The average Bonchev–Trinajstić information content (AvgIpc) is 2.64. The highest BCUT2D eigenvalue weighted by molar-refractivity contribution is 5.89. The first kappa shape index (κ1) is 19.2. The number of nitrogens with one attached hydrogen (secondary N) is 1. The van der Waals surface area contributed by atoms with E-state index in [-0.39, 0.29) is 11.7 Å². The fraction of sp³-hybridized carbons (Fsp3) is 0.350. The number of urea groups is 1. The van der Waals surface area contributed by atoms with Gasteiger partial charge in [-0.3, -0.25) is 0 Å². The van der Waals surface area contributed by atoms with Gasteiger partial charge in [0.25, 0.3) is 0 Å². The van der Waals surface area contributed by atoms with Crippen molar-refractivity contribution in [3.05, 3.63) is 65.5 Å². The largest absolute Gasteiger partial charge is 0.416 e. The number of likely N-dealkylation sites (tertiary alicyclic amines) is 1. The summed E-state index contributed by atoms with van der Waals surface area (Å²) in [5.74, 6) is -0.178. The predicted octanol–water partition coefficient (Wildman–Crippen LogP) is 5.33. The first-order valence-corrected chi connectivity index (χ1v) is 8.79. The molecule has 27 heavy (non-hydrogen) atoms. The SMILES string of the molecule is O=C(Nc1ccccc1F)N1CCC(Cc2ccc(C(F)(F)F)cc2)CC1. The quantitative estimate of drug-likeness (QED) is 0.717. The van der Waals surface area contributed by atoms with Gasteiger partial charge >= 0.3 is 12.2 Å². The zero-order valence-corrected chi connectivity index (χ0v) is 14.6. The molecule has 1 aliphatic rings. The number of hydrogen-bond acceptors (Lipinski definition) is 1. The van der Waals surface area contributed by atoms with E-state index in [1.54, 1.807) is 17.0 Å². The molecule has 144 valence electrons. The Labute approximate surface area is 155 Å². The summed E-state index contributed by atoms with van der Waals surface area (Å²) >= 11 is 0. The van der Waals surface area contributed by atoms with Gasteiger partial charge in [-0.15, -0.1) is 0 Å². The minimum atomic E-state index is -4.32. The molecule has 7 heteroatoms. The molecule has 0 atom stereocenters. The number of alkyl halides is 3. The van der Waals surface area contributed by atoms with Crippen molar-refractivity contribution in [1.29, 1.82) is 0 Å². The number of rotatable bonds is 3. The molecule has 0 unspecified atom stereocenters. The fourth-order valence-corrected chi connectivity index (χ4v) is 3.26. The number of nitrogens with zero attached hydrogens (tertiary/aromatic N) is 1. The molecule has 0 aliphatic carbocycles. The number of carbonyl (C=O) groups is 1. The molecule has 1 N–H and O–H groups in total. The van der Waals surface area contributed by atoms with E-state index < -0.39 is 17.6 Å². The Hall–Kier alpha value is -2.57. The van der Waals surface area contributed by atoms with Crippen molar-refractivity contribution < 1.29 is 22.4 Å². The Morgan fingerprint density at radius 1 is 1.04 bits per heavy atom. The van der Waals surface area contributed by atoms with E-state index >= 15 is 0 Å². The Kier molecular flexibility index (Phi) is 5.68. The van der Waals surface area contributed by atoms with Gasteiger partial charge in [-0.1, -0.05) is 24.3 Å². The molecule has 2 aromatic rings. The van der Waals surface area contributed by atoms with Crippen LogP contribution in [0.4, 0.5) is 28.0 Å². The van der Waals surface area contributed by atoms with Crippen LogP contribution in [0.3, 0.4) is 0 Å². The average molecular weight is 380 g/mol. The summed E-state index contributed by atoms with van der Waals surface area (Å²) in [6.07, 6.45) is -2.13. The van der Waals surface area contributed by atoms with Crippen LogP contribution in [0.25, 0.3) is 0 Å². The molecular formula is C20H20F4N2O. The van der Waals surface area contributed by atoms with Gasteiger partial charge in [-0.2, -0.15) is 13.2 Å². The van der Waals surface area contributed by atoms with E-state index in [1.165, 1.54) is 24.3 Å². The Morgan fingerprint density at radius 3 is 2.26 bits per heavy atom. The molecule has 1 heterocycles. The van der Waals surface area contributed by atoms with E-state index in [0.29, 0.717) is 25.4 Å². The molecule has 2 aromatic carbocycles. The van der Waals surface area contributed by atoms with Gasteiger partial charge in [-0.05, 0) is 55.0 Å². The maximum Gasteiger partial charge on any atom is 0.416 e. The number of benzene rings is 2. The predicted molar refractivity (Wildman–Crippen MR) is 94.9 cm³/mol. The zero-order valence-electron chi connectivity index (χ0n) is 14.6. The molecule has 0 bridgehead atoms. The van der Waals surface area contributed by atoms with Crippen molar-refractivity contribution in [3.63, 3.8) is 0 Å². The maximum absolute atomic E-state index is 13.6. The van der Waals surface area contributed by atoms with Gasteiger partial charge in [0.1, 0.15) is 5.82 Å². The summed E-state index contributed by atoms with van der Waals surface area (Å²) in [6, 6.07) is 10.9. The van der Waals surface area contributed by atoms with E-state index in [2.05, 4.69) is 5.32 Å². The molecule has 1 saturated heterocycles. The van der Waals surface area contributed by atoms with Crippen molar-refractivity contribution in [3.8, 4) is 0 Å². The van der Waals surface area contributed by atoms with Crippen LogP contribution in [0, 0.1) is 11.7 Å². The summed E-state index contributed by atoms with van der Waals surface area (Å²) in [5, 5.41) is 2.57. The molecule has 3 rings (SSSR count). The number of para-hydroxylation sites is 1. The first-order chi connectivity index (χ1) is 12.8. The van der Waals surface area contributed by atoms with Crippen molar-refractivity contribution >= 4 is 11.7 Å². The van der Waals surface area contributed by atoms with Crippen LogP contribution < -0.4 is 5.32 Å². The first-order valence-electron chi connectivity index (χ1n) is 8.79. The minimum absolute atomic E-state index is 0.148. The van der Waals surface area contributed by atoms with Gasteiger partial charge < -0.3 is 10.2 Å². The molecule has 0 spiro atoms. The summed E-state index contributed by atoms with van der Waals surface area (Å²) < 4.78 is 51.5. The van der Waals surface area contributed by atoms with E-state index in [9.17, 15) is 22.4 Å². The standard InChI is InChI=1S/C20H20F4N2O/c21-17-3-1-2-4-18(17)25-19(27)26-11-9-15(10-12-26)13-14-5-7-16(8-6-14)20(22,23)24/h1-8,15H,9-13H2,(H,25,27). The third-order valence-corrected chi connectivity index (χ3v) is 4.82. The third-order valence-electron chi connectivity index (χ3n) is 4.82. The third kappa shape index (κ3) is 4.99. The maximum atomic E-state index is 13.6. The van der Waals surface area contributed by atoms with Crippen LogP contribution >= 0.6 is 0 Å². The molecule has 1 aliphatic heterocycles. The van der Waals surface area contributed by atoms with Crippen LogP contribution in [-0.2, 0) is 12.6 Å². The number of hydrogen-bond donors (Lipinski definition) is 1. The normalized spacial score (nSPS) is 15.6. The Bertz CT molecular complexity index is 781. The highest BCUT2D eigenvalue weighted by Crippen LogP contribution is 2.30. The molecule has 0 radical (unpaired) electrons. The second-order valence-electron chi connectivity index (χ2n) is 6.74. The number of piperidine rings is 1. The molecule has 0 aromatic heterocycles. The smallest absolute Gasteiger partial charge is 0.325 e. The number of amides is 2.